The molecule has 0 bridgehead atoms. The molecule has 1 aromatic carbocycles. The second-order valence-electron chi connectivity index (χ2n) is 5.95. The van der Waals surface area contributed by atoms with Gasteiger partial charge in [0.25, 0.3) is 11.8 Å². The maximum absolute atomic E-state index is 12.3. The molecule has 0 atom stereocenters. The minimum absolute atomic E-state index is 0.244. The quantitative estimate of drug-likeness (QED) is 0.337. The SMILES string of the molecule is CCCCN=C(N)Nc1nc(CCN2C(=O)c3ccccc3C2=O)cs1. The van der Waals surface area contributed by atoms with Crippen LogP contribution in [0.1, 0.15) is 46.2 Å². The third-order valence-electron chi connectivity index (χ3n) is 4.05. The van der Waals surface area contributed by atoms with Crippen molar-refractivity contribution in [3.63, 3.8) is 0 Å². The Morgan fingerprint density at radius 1 is 1.27 bits per heavy atom. The highest BCUT2D eigenvalue weighted by atomic mass is 32.1. The number of aromatic nitrogens is 1. The molecule has 0 saturated carbocycles. The first-order valence-corrected chi connectivity index (χ1v) is 9.44. The number of hydrogen-bond donors (Lipinski definition) is 2. The summed E-state index contributed by atoms with van der Waals surface area (Å²) in [5.41, 5.74) is 7.56. The molecule has 1 aliphatic rings. The van der Waals surface area contributed by atoms with E-state index in [1.165, 1.54) is 16.2 Å². The maximum Gasteiger partial charge on any atom is 0.261 e. The molecule has 1 aromatic heterocycles. The van der Waals surface area contributed by atoms with E-state index in [0.717, 1.165) is 18.5 Å². The largest absolute Gasteiger partial charge is 0.370 e. The van der Waals surface area contributed by atoms with Crippen LogP contribution in [-0.2, 0) is 6.42 Å². The van der Waals surface area contributed by atoms with Gasteiger partial charge in [-0.25, -0.2) is 4.98 Å². The monoisotopic (exact) mass is 371 g/mol. The molecule has 3 rings (SSSR count). The van der Waals surface area contributed by atoms with Crippen LogP contribution >= 0.6 is 11.3 Å². The first-order chi connectivity index (χ1) is 12.6. The molecule has 8 heteroatoms. The molecular formula is C18H21N5O2S. The third kappa shape index (κ3) is 3.91. The molecule has 2 heterocycles. The minimum atomic E-state index is -0.244. The Morgan fingerprint density at radius 3 is 2.62 bits per heavy atom. The van der Waals surface area contributed by atoms with Gasteiger partial charge in [0.05, 0.1) is 16.8 Å². The Balaban J connectivity index is 1.57. The van der Waals surface area contributed by atoms with Gasteiger partial charge in [-0.1, -0.05) is 25.5 Å². The molecule has 3 N–H and O–H groups in total. The number of benzene rings is 1. The van der Waals surface area contributed by atoms with E-state index >= 15 is 0 Å². The summed E-state index contributed by atoms with van der Waals surface area (Å²) in [5, 5.41) is 5.51. The molecule has 0 spiro atoms. The fourth-order valence-corrected chi connectivity index (χ4v) is 3.41. The zero-order chi connectivity index (χ0) is 18.5. The van der Waals surface area contributed by atoms with Gasteiger partial charge in [-0.05, 0) is 18.6 Å². The Bertz CT molecular complexity index is 811. The molecule has 0 radical (unpaired) electrons. The number of carbonyl (C=O) groups is 2. The van der Waals surface area contributed by atoms with Gasteiger partial charge in [-0.3, -0.25) is 19.5 Å². The van der Waals surface area contributed by atoms with Crippen molar-refractivity contribution in [3.8, 4) is 0 Å². The maximum atomic E-state index is 12.3. The van der Waals surface area contributed by atoms with Crippen LogP contribution in [0.15, 0.2) is 34.6 Å². The van der Waals surface area contributed by atoms with E-state index in [0.29, 0.717) is 41.7 Å². The highest BCUT2D eigenvalue weighted by Crippen LogP contribution is 2.23. The summed E-state index contributed by atoms with van der Waals surface area (Å²) in [7, 11) is 0. The summed E-state index contributed by atoms with van der Waals surface area (Å²) < 4.78 is 0. The van der Waals surface area contributed by atoms with E-state index in [-0.39, 0.29) is 11.8 Å². The van der Waals surface area contributed by atoms with Crippen molar-refractivity contribution in [2.75, 3.05) is 18.4 Å². The van der Waals surface area contributed by atoms with Crippen LogP contribution in [0.5, 0.6) is 0 Å². The molecular weight excluding hydrogens is 350 g/mol. The number of carbonyl (C=O) groups excluding carboxylic acids is 2. The zero-order valence-electron chi connectivity index (χ0n) is 14.6. The summed E-state index contributed by atoms with van der Waals surface area (Å²) in [6.07, 6.45) is 2.55. The number of thiazole rings is 1. The summed E-state index contributed by atoms with van der Waals surface area (Å²) >= 11 is 1.42. The molecule has 0 aliphatic carbocycles. The van der Waals surface area contributed by atoms with Crippen LogP contribution in [0.25, 0.3) is 0 Å². The Hall–Kier alpha value is -2.74. The highest BCUT2D eigenvalue weighted by Gasteiger charge is 2.34. The number of imide groups is 1. The molecule has 136 valence electrons. The van der Waals surface area contributed by atoms with Gasteiger partial charge in [-0.15, -0.1) is 11.3 Å². The van der Waals surface area contributed by atoms with Gasteiger partial charge < -0.3 is 11.1 Å². The number of anilines is 1. The Kier molecular flexibility index (Phi) is 5.62. The van der Waals surface area contributed by atoms with Crippen LogP contribution in [-0.4, -0.2) is 40.7 Å². The predicted octanol–water partition coefficient (Wildman–Crippen LogP) is 2.51. The summed E-state index contributed by atoms with van der Waals surface area (Å²) in [5.74, 6) is -0.141. The van der Waals surface area contributed by atoms with Gasteiger partial charge in [0.1, 0.15) is 0 Å². The van der Waals surface area contributed by atoms with Crippen molar-refractivity contribution < 1.29 is 9.59 Å². The number of nitrogens with two attached hydrogens (primary N) is 1. The van der Waals surface area contributed by atoms with E-state index in [2.05, 4.69) is 22.2 Å². The van der Waals surface area contributed by atoms with E-state index in [9.17, 15) is 9.59 Å². The molecule has 26 heavy (non-hydrogen) atoms. The fourth-order valence-electron chi connectivity index (χ4n) is 2.65. The first kappa shape index (κ1) is 18.1. The van der Waals surface area contributed by atoms with Gasteiger partial charge in [0.2, 0.25) is 0 Å². The standard InChI is InChI=1S/C18H21N5O2S/c1-2-3-9-20-17(19)22-18-21-12(11-26-18)8-10-23-15(24)13-6-4-5-7-14(13)16(23)25/h4-7,11H,2-3,8-10H2,1H3,(H3,19,20,21,22). The summed E-state index contributed by atoms with van der Waals surface area (Å²) in [6.45, 7) is 3.09. The number of aliphatic imine (C=N–C) groups is 1. The summed E-state index contributed by atoms with van der Waals surface area (Å²) in [6, 6.07) is 6.89. The Labute approximate surface area is 155 Å². The van der Waals surface area contributed by atoms with E-state index in [1.54, 1.807) is 24.3 Å². The molecule has 0 fully saturated rings. The second kappa shape index (κ2) is 8.09. The average Bonchev–Trinajstić information content (AvgIpc) is 3.17. The lowest BCUT2D eigenvalue weighted by molar-refractivity contribution is 0.0656. The zero-order valence-corrected chi connectivity index (χ0v) is 15.4. The second-order valence-corrected chi connectivity index (χ2v) is 6.81. The molecule has 2 aromatic rings. The van der Waals surface area contributed by atoms with Crippen LogP contribution in [0.3, 0.4) is 0 Å². The van der Waals surface area contributed by atoms with E-state index < -0.39 is 0 Å². The van der Waals surface area contributed by atoms with Crippen molar-refractivity contribution in [1.29, 1.82) is 0 Å². The van der Waals surface area contributed by atoms with Gasteiger partial charge >= 0.3 is 0 Å². The van der Waals surface area contributed by atoms with Crippen LogP contribution in [0.2, 0.25) is 0 Å². The van der Waals surface area contributed by atoms with Gasteiger partial charge in [-0.2, -0.15) is 0 Å². The normalized spacial score (nSPS) is 14.0. The molecule has 0 saturated heterocycles. The highest BCUT2D eigenvalue weighted by molar-refractivity contribution is 7.13. The molecule has 7 nitrogen and oxygen atoms in total. The van der Waals surface area contributed by atoms with Crippen molar-refractivity contribution in [2.24, 2.45) is 10.7 Å². The van der Waals surface area contributed by atoms with Crippen molar-refractivity contribution in [1.82, 2.24) is 9.88 Å². The first-order valence-electron chi connectivity index (χ1n) is 8.56. The Morgan fingerprint density at radius 2 is 1.96 bits per heavy atom. The number of unbranched alkanes of at least 4 members (excludes halogenated alkanes) is 1. The van der Waals surface area contributed by atoms with Crippen molar-refractivity contribution in [3.05, 3.63) is 46.5 Å². The number of fused-ring (bicyclic) bond motifs is 1. The van der Waals surface area contributed by atoms with Crippen LogP contribution in [0.4, 0.5) is 5.13 Å². The number of nitrogens with one attached hydrogen (secondary N) is 1. The topological polar surface area (TPSA) is 101 Å². The number of hydrogen-bond acceptors (Lipinski definition) is 5. The predicted molar refractivity (Wildman–Crippen MR) is 103 cm³/mol. The third-order valence-corrected chi connectivity index (χ3v) is 4.86. The summed E-state index contributed by atoms with van der Waals surface area (Å²) in [4.78, 5) is 34.6. The van der Waals surface area contributed by atoms with E-state index in [4.69, 9.17) is 5.73 Å². The number of rotatable bonds is 7. The smallest absolute Gasteiger partial charge is 0.261 e. The van der Waals surface area contributed by atoms with Crippen molar-refractivity contribution >= 4 is 34.2 Å². The fraction of sp³-hybridized carbons (Fsp3) is 0.333. The molecule has 0 unspecified atom stereocenters. The number of nitrogens with zero attached hydrogens (tertiary/aromatic N) is 3. The number of amides is 2. The van der Waals surface area contributed by atoms with Crippen molar-refractivity contribution in [2.45, 2.75) is 26.2 Å². The van der Waals surface area contributed by atoms with Gasteiger partial charge in [0, 0.05) is 24.9 Å². The van der Waals surface area contributed by atoms with E-state index in [1.807, 2.05) is 5.38 Å². The lowest BCUT2D eigenvalue weighted by Crippen LogP contribution is -2.31. The van der Waals surface area contributed by atoms with Crippen LogP contribution in [0, 0.1) is 0 Å². The van der Waals surface area contributed by atoms with Crippen LogP contribution < -0.4 is 11.1 Å². The molecule has 1 aliphatic heterocycles. The van der Waals surface area contributed by atoms with Gasteiger partial charge in [0.15, 0.2) is 11.1 Å². The molecule has 2 amide bonds. The number of guanidine groups is 1. The lowest BCUT2D eigenvalue weighted by Gasteiger charge is -2.12. The lowest BCUT2D eigenvalue weighted by atomic mass is 10.1. The minimum Gasteiger partial charge on any atom is -0.370 e. The average molecular weight is 371 g/mol.